The molecule has 3 aromatic rings. The fraction of sp³-hybridized carbons (Fsp3) is 0.190. The van der Waals surface area contributed by atoms with E-state index in [-0.39, 0.29) is 24.1 Å². The normalized spacial score (nSPS) is 11.9. The number of hydrogen-bond acceptors (Lipinski definition) is 7. The summed E-state index contributed by atoms with van der Waals surface area (Å²) in [5, 5.41) is 26.6. The van der Waals surface area contributed by atoms with Crippen LogP contribution in [0.2, 0.25) is 5.02 Å². The minimum Gasteiger partial charge on any atom is -0.478 e. The second-order valence-corrected chi connectivity index (χ2v) is 7.15. The van der Waals surface area contributed by atoms with Crippen LogP contribution in [0.15, 0.2) is 54.9 Å². The standard InChI is InChI=1S/C21H21ClN6O4/c1-32-12-18(11-23-17-6-2-14(3-7-17)21(30)31)25-20(29)9-4-15-10-16(22)5-8-19(15)28-13-24-26-27-28/h2-10,13,18,23H,11-12H2,1H3,(H,25,29)(H,30,31)/b9-4+. The lowest BCUT2D eigenvalue weighted by molar-refractivity contribution is -0.117. The number of carbonyl (C=O) groups excluding carboxylic acids is 1. The first-order valence-electron chi connectivity index (χ1n) is 9.54. The maximum absolute atomic E-state index is 12.5. The molecule has 1 amide bonds. The second-order valence-electron chi connectivity index (χ2n) is 6.72. The Morgan fingerprint density at radius 1 is 1.25 bits per heavy atom. The molecule has 0 saturated carbocycles. The number of carboxylic acid groups (broad SMARTS) is 1. The van der Waals surface area contributed by atoms with Gasteiger partial charge in [-0.05, 0) is 59.0 Å². The Balaban J connectivity index is 1.63. The number of aromatic nitrogens is 4. The average Bonchev–Trinajstić information content (AvgIpc) is 3.31. The molecule has 0 spiro atoms. The first kappa shape index (κ1) is 22.9. The molecule has 1 heterocycles. The number of hydrogen-bond donors (Lipinski definition) is 3. The highest BCUT2D eigenvalue weighted by Crippen LogP contribution is 2.20. The van der Waals surface area contributed by atoms with Gasteiger partial charge in [-0.3, -0.25) is 4.79 Å². The number of tetrazole rings is 1. The molecule has 0 aliphatic carbocycles. The summed E-state index contributed by atoms with van der Waals surface area (Å²) < 4.78 is 6.66. The van der Waals surface area contributed by atoms with Crippen LogP contribution in [0.1, 0.15) is 15.9 Å². The number of amides is 1. The predicted octanol–water partition coefficient (Wildman–Crippen LogP) is 2.27. The zero-order valence-electron chi connectivity index (χ0n) is 17.1. The summed E-state index contributed by atoms with van der Waals surface area (Å²) in [6.07, 6.45) is 4.47. The van der Waals surface area contributed by atoms with Crippen molar-refractivity contribution in [1.29, 1.82) is 0 Å². The van der Waals surface area contributed by atoms with E-state index in [2.05, 4.69) is 26.2 Å². The zero-order chi connectivity index (χ0) is 22.9. The fourth-order valence-corrected chi connectivity index (χ4v) is 3.06. The van der Waals surface area contributed by atoms with Gasteiger partial charge in [-0.1, -0.05) is 11.6 Å². The molecule has 10 nitrogen and oxygen atoms in total. The van der Waals surface area contributed by atoms with Gasteiger partial charge in [0.05, 0.1) is 23.9 Å². The third-order valence-electron chi connectivity index (χ3n) is 4.40. The summed E-state index contributed by atoms with van der Waals surface area (Å²) >= 11 is 6.09. The smallest absolute Gasteiger partial charge is 0.335 e. The van der Waals surface area contributed by atoms with Crippen LogP contribution < -0.4 is 10.6 Å². The maximum atomic E-state index is 12.5. The van der Waals surface area contributed by atoms with Crippen LogP contribution in [0.25, 0.3) is 11.8 Å². The molecular formula is C21H21ClN6O4. The maximum Gasteiger partial charge on any atom is 0.335 e. The first-order valence-corrected chi connectivity index (χ1v) is 9.91. The topological polar surface area (TPSA) is 131 Å². The molecule has 32 heavy (non-hydrogen) atoms. The molecule has 1 atom stereocenters. The van der Waals surface area contributed by atoms with E-state index >= 15 is 0 Å². The van der Waals surface area contributed by atoms with Gasteiger partial charge in [-0.25, -0.2) is 4.79 Å². The van der Waals surface area contributed by atoms with E-state index in [0.29, 0.717) is 22.8 Å². The van der Waals surface area contributed by atoms with Crippen LogP contribution in [-0.2, 0) is 9.53 Å². The molecule has 3 N–H and O–H groups in total. The molecule has 0 bridgehead atoms. The van der Waals surface area contributed by atoms with E-state index in [1.54, 1.807) is 43.5 Å². The Bertz CT molecular complexity index is 1090. The number of nitrogens with one attached hydrogen (secondary N) is 2. The Morgan fingerprint density at radius 3 is 2.69 bits per heavy atom. The largest absolute Gasteiger partial charge is 0.478 e. The van der Waals surface area contributed by atoms with Crippen molar-refractivity contribution in [2.75, 3.05) is 25.6 Å². The van der Waals surface area contributed by atoms with E-state index in [1.165, 1.54) is 29.2 Å². The monoisotopic (exact) mass is 456 g/mol. The van der Waals surface area contributed by atoms with Gasteiger partial charge in [-0.15, -0.1) is 5.10 Å². The van der Waals surface area contributed by atoms with E-state index in [1.807, 2.05) is 0 Å². The third kappa shape index (κ3) is 6.37. The van der Waals surface area contributed by atoms with Crippen molar-refractivity contribution in [2.45, 2.75) is 6.04 Å². The number of anilines is 1. The molecule has 3 rings (SSSR count). The van der Waals surface area contributed by atoms with Gasteiger partial charge in [0.15, 0.2) is 0 Å². The molecule has 11 heteroatoms. The summed E-state index contributed by atoms with van der Waals surface area (Å²) in [7, 11) is 1.54. The molecule has 1 aromatic heterocycles. The Labute approximate surface area is 188 Å². The van der Waals surface area contributed by atoms with Gasteiger partial charge in [0.2, 0.25) is 5.91 Å². The van der Waals surface area contributed by atoms with Gasteiger partial charge >= 0.3 is 5.97 Å². The molecule has 166 valence electrons. The van der Waals surface area contributed by atoms with Crippen LogP contribution in [-0.4, -0.2) is 63.5 Å². The fourth-order valence-electron chi connectivity index (χ4n) is 2.88. The Hall–Kier alpha value is -3.76. The number of methoxy groups -OCH3 is 1. The lowest BCUT2D eigenvalue weighted by Gasteiger charge is -2.18. The van der Waals surface area contributed by atoms with E-state index in [0.717, 1.165) is 5.69 Å². The van der Waals surface area contributed by atoms with Crippen molar-refractivity contribution in [3.8, 4) is 5.69 Å². The SMILES string of the molecule is COCC(CNc1ccc(C(=O)O)cc1)NC(=O)/C=C/c1cc(Cl)ccc1-n1cnnn1. The van der Waals surface area contributed by atoms with Gasteiger partial charge < -0.3 is 20.5 Å². The van der Waals surface area contributed by atoms with Crippen molar-refractivity contribution >= 4 is 35.2 Å². The quantitative estimate of drug-likeness (QED) is 0.396. The van der Waals surface area contributed by atoms with Crippen molar-refractivity contribution < 1.29 is 19.4 Å². The van der Waals surface area contributed by atoms with E-state index in [9.17, 15) is 9.59 Å². The number of nitrogens with zero attached hydrogens (tertiary/aromatic N) is 4. The molecule has 0 fully saturated rings. The highest BCUT2D eigenvalue weighted by atomic mass is 35.5. The second kappa shape index (κ2) is 11.0. The van der Waals surface area contributed by atoms with Crippen LogP contribution >= 0.6 is 11.6 Å². The molecule has 0 aliphatic rings. The molecule has 0 saturated heterocycles. The van der Waals surface area contributed by atoms with Crippen molar-refractivity contribution in [3.63, 3.8) is 0 Å². The minimum absolute atomic E-state index is 0.199. The van der Waals surface area contributed by atoms with Gasteiger partial charge in [0.1, 0.15) is 6.33 Å². The molecule has 2 aromatic carbocycles. The Morgan fingerprint density at radius 2 is 2.03 bits per heavy atom. The highest BCUT2D eigenvalue weighted by molar-refractivity contribution is 6.30. The number of aromatic carboxylic acids is 1. The Kier molecular flexibility index (Phi) is 7.90. The average molecular weight is 457 g/mol. The van der Waals surface area contributed by atoms with Gasteiger partial charge in [0, 0.05) is 36.0 Å². The number of rotatable bonds is 10. The summed E-state index contributed by atoms with van der Waals surface area (Å²) in [5.41, 5.74) is 2.26. The summed E-state index contributed by atoms with van der Waals surface area (Å²) in [5.74, 6) is -1.31. The number of carbonyl (C=O) groups is 2. The number of halogens is 1. The van der Waals surface area contributed by atoms with E-state index < -0.39 is 5.97 Å². The van der Waals surface area contributed by atoms with Crippen LogP contribution in [0.4, 0.5) is 5.69 Å². The molecule has 0 aliphatic heterocycles. The molecule has 0 radical (unpaired) electrons. The highest BCUT2D eigenvalue weighted by Gasteiger charge is 2.12. The number of carboxylic acids is 1. The number of benzene rings is 2. The van der Waals surface area contributed by atoms with Crippen molar-refractivity contribution in [3.05, 3.63) is 71.0 Å². The number of ether oxygens (including phenoxy) is 1. The van der Waals surface area contributed by atoms with Gasteiger partial charge in [0.25, 0.3) is 0 Å². The lowest BCUT2D eigenvalue weighted by Crippen LogP contribution is -2.42. The lowest BCUT2D eigenvalue weighted by atomic mass is 10.1. The summed E-state index contributed by atoms with van der Waals surface area (Å²) in [4.78, 5) is 23.4. The van der Waals surface area contributed by atoms with Crippen molar-refractivity contribution in [1.82, 2.24) is 25.5 Å². The van der Waals surface area contributed by atoms with Crippen LogP contribution in [0, 0.1) is 0 Å². The third-order valence-corrected chi connectivity index (χ3v) is 4.63. The van der Waals surface area contributed by atoms with Gasteiger partial charge in [-0.2, -0.15) is 4.68 Å². The van der Waals surface area contributed by atoms with Crippen molar-refractivity contribution in [2.24, 2.45) is 0 Å². The molecule has 1 unspecified atom stereocenters. The molecular weight excluding hydrogens is 436 g/mol. The minimum atomic E-state index is -0.990. The van der Waals surface area contributed by atoms with E-state index in [4.69, 9.17) is 21.4 Å². The zero-order valence-corrected chi connectivity index (χ0v) is 17.9. The van der Waals surface area contributed by atoms with Crippen LogP contribution in [0.3, 0.4) is 0 Å². The predicted molar refractivity (Wildman–Crippen MR) is 119 cm³/mol. The summed E-state index contributed by atoms with van der Waals surface area (Å²) in [6.45, 7) is 0.666. The van der Waals surface area contributed by atoms with Crippen LogP contribution in [0.5, 0.6) is 0 Å². The summed E-state index contributed by atoms with van der Waals surface area (Å²) in [6, 6.07) is 11.2. The first-order chi connectivity index (χ1) is 15.5.